The molecule has 1 aromatic rings. The fraction of sp³-hybridized carbons (Fsp3) is 0.571. The van der Waals surface area contributed by atoms with Crippen molar-refractivity contribution in [2.45, 2.75) is 45.1 Å². The number of hydrogen-bond acceptors (Lipinski definition) is 1. The Morgan fingerprint density at radius 2 is 2.20 bits per heavy atom. The molecule has 1 aliphatic rings. The van der Waals surface area contributed by atoms with E-state index in [0.717, 1.165) is 12.0 Å². The van der Waals surface area contributed by atoms with Crippen molar-refractivity contribution in [2.75, 3.05) is 0 Å². The van der Waals surface area contributed by atoms with Crippen molar-refractivity contribution in [2.24, 2.45) is 5.92 Å². The third-order valence-electron chi connectivity index (χ3n) is 3.43. The molecule has 1 heteroatoms. The summed E-state index contributed by atoms with van der Waals surface area (Å²) in [5, 5.41) is 10.1. The van der Waals surface area contributed by atoms with Gasteiger partial charge in [0, 0.05) is 0 Å². The Kier molecular flexibility index (Phi) is 3.42. The zero-order valence-corrected chi connectivity index (χ0v) is 9.45. The zero-order chi connectivity index (χ0) is 10.7. The molecule has 2 rings (SSSR count). The molecule has 0 saturated heterocycles. The van der Waals surface area contributed by atoms with Gasteiger partial charge in [-0.2, -0.15) is 0 Å². The first-order valence-corrected chi connectivity index (χ1v) is 6.08. The smallest absolute Gasteiger partial charge is 0.0818 e. The fourth-order valence-electron chi connectivity index (χ4n) is 2.25. The van der Waals surface area contributed by atoms with Gasteiger partial charge in [0.2, 0.25) is 0 Å². The summed E-state index contributed by atoms with van der Waals surface area (Å²) in [6.07, 6.45) is 5.73. The second-order valence-corrected chi connectivity index (χ2v) is 4.63. The summed E-state index contributed by atoms with van der Waals surface area (Å²) >= 11 is 0. The van der Waals surface area contributed by atoms with Gasteiger partial charge in [-0.1, -0.05) is 44.0 Å². The zero-order valence-electron chi connectivity index (χ0n) is 9.45. The molecule has 1 aliphatic carbocycles. The fourth-order valence-corrected chi connectivity index (χ4v) is 2.25. The molecule has 0 spiro atoms. The Labute approximate surface area is 92.1 Å². The molecule has 82 valence electrons. The summed E-state index contributed by atoms with van der Waals surface area (Å²) in [4.78, 5) is 0. The van der Waals surface area contributed by atoms with Gasteiger partial charge >= 0.3 is 0 Å². The SMILES string of the molecule is CCCc1cccc(C(O)C2CCC2)c1. The van der Waals surface area contributed by atoms with Gasteiger partial charge in [-0.15, -0.1) is 0 Å². The van der Waals surface area contributed by atoms with Crippen molar-refractivity contribution in [3.05, 3.63) is 35.4 Å². The van der Waals surface area contributed by atoms with Crippen LogP contribution >= 0.6 is 0 Å². The molecule has 1 aromatic carbocycles. The number of hydrogen-bond donors (Lipinski definition) is 1. The van der Waals surface area contributed by atoms with Crippen LogP contribution in [0.25, 0.3) is 0 Å². The second kappa shape index (κ2) is 4.80. The van der Waals surface area contributed by atoms with E-state index in [1.54, 1.807) is 0 Å². The minimum atomic E-state index is -0.226. The molecule has 0 heterocycles. The van der Waals surface area contributed by atoms with E-state index in [4.69, 9.17) is 0 Å². The minimum absolute atomic E-state index is 0.226. The largest absolute Gasteiger partial charge is 0.388 e. The third kappa shape index (κ3) is 2.40. The van der Waals surface area contributed by atoms with E-state index in [1.807, 2.05) is 0 Å². The molecular formula is C14H20O. The van der Waals surface area contributed by atoms with E-state index in [1.165, 1.54) is 31.2 Å². The number of benzene rings is 1. The highest BCUT2D eigenvalue weighted by molar-refractivity contribution is 5.26. The Bertz CT molecular complexity index is 315. The van der Waals surface area contributed by atoms with Gasteiger partial charge in [-0.25, -0.2) is 0 Å². The summed E-state index contributed by atoms with van der Waals surface area (Å²) in [7, 11) is 0. The van der Waals surface area contributed by atoms with Crippen LogP contribution in [0.15, 0.2) is 24.3 Å². The lowest BCUT2D eigenvalue weighted by Gasteiger charge is -2.30. The average Bonchev–Trinajstić information content (AvgIpc) is 2.16. The van der Waals surface area contributed by atoms with Crippen LogP contribution < -0.4 is 0 Å². The highest BCUT2D eigenvalue weighted by Crippen LogP contribution is 2.37. The van der Waals surface area contributed by atoms with E-state index >= 15 is 0 Å². The molecule has 1 nitrogen and oxygen atoms in total. The first-order chi connectivity index (χ1) is 7.31. The van der Waals surface area contributed by atoms with Crippen LogP contribution in [0.5, 0.6) is 0 Å². The Hall–Kier alpha value is -0.820. The van der Waals surface area contributed by atoms with Gasteiger partial charge in [0.1, 0.15) is 0 Å². The van der Waals surface area contributed by atoms with Crippen molar-refractivity contribution in [1.29, 1.82) is 0 Å². The van der Waals surface area contributed by atoms with Gasteiger partial charge in [0.05, 0.1) is 6.10 Å². The lowest BCUT2D eigenvalue weighted by molar-refractivity contribution is 0.0620. The Morgan fingerprint density at radius 3 is 2.80 bits per heavy atom. The van der Waals surface area contributed by atoms with Crippen LogP contribution in [0.2, 0.25) is 0 Å². The van der Waals surface area contributed by atoms with Crippen LogP contribution in [0.3, 0.4) is 0 Å². The molecule has 1 fully saturated rings. The predicted molar refractivity (Wildman–Crippen MR) is 62.7 cm³/mol. The summed E-state index contributed by atoms with van der Waals surface area (Å²) in [5.41, 5.74) is 2.47. The maximum atomic E-state index is 10.1. The van der Waals surface area contributed by atoms with E-state index in [-0.39, 0.29) is 6.10 Å². The van der Waals surface area contributed by atoms with Crippen LogP contribution in [-0.2, 0) is 6.42 Å². The van der Waals surface area contributed by atoms with E-state index in [0.29, 0.717) is 5.92 Å². The van der Waals surface area contributed by atoms with Crippen LogP contribution in [0, 0.1) is 5.92 Å². The van der Waals surface area contributed by atoms with Crippen LogP contribution in [0.1, 0.15) is 49.8 Å². The van der Waals surface area contributed by atoms with Gasteiger partial charge < -0.3 is 5.11 Å². The summed E-state index contributed by atoms with van der Waals surface area (Å²) in [6.45, 7) is 2.19. The Balaban J connectivity index is 2.09. The first kappa shape index (κ1) is 10.7. The van der Waals surface area contributed by atoms with Crippen LogP contribution in [-0.4, -0.2) is 5.11 Å². The normalized spacial score (nSPS) is 18.5. The van der Waals surface area contributed by atoms with E-state index < -0.39 is 0 Å². The lowest BCUT2D eigenvalue weighted by atomic mass is 9.78. The van der Waals surface area contributed by atoms with Crippen molar-refractivity contribution in [1.82, 2.24) is 0 Å². The van der Waals surface area contributed by atoms with Crippen molar-refractivity contribution >= 4 is 0 Å². The molecule has 15 heavy (non-hydrogen) atoms. The maximum absolute atomic E-state index is 10.1. The second-order valence-electron chi connectivity index (χ2n) is 4.63. The summed E-state index contributed by atoms with van der Waals surface area (Å²) in [5.74, 6) is 0.516. The summed E-state index contributed by atoms with van der Waals surface area (Å²) < 4.78 is 0. The molecule has 1 atom stereocenters. The number of aliphatic hydroxyl groups excluding tert-OH is 1. The number of aliphatic hydroxyl groups is 1. The molecule has 0 amide bonds. The van der Waals surface area contributed by atoms with E-state index in [9.17, 15) is 5.11 Å². The quantitative estimate of drug-likeness (QED) is 0.796. The molecule has 0 aromatic heterocycles. The minimum Gasteiger partial charge on any atom is -0.388 e. The van der Waals surface area contributed by atoms with Crippen molar-refractivity contribution in [3.8, 4) is 0 Å². The molecule has 1 N–H and O–H groups in total. The van der Waals surface area contributed by atoms with Gasteiger partial charge in [0.15, 0.2) is 0 Å². The first-order valence-electron chi connectivity index (χ1n) is 6.08. The van der Waals surface area contributed by atoms with Crippen molar-refractivity contribution in [3.63, 3.8) is 0 Å². The van der Waals surface area contributed by atoms with Crippen molar-refractivity contribution < 1.29 is 5.11 Å². The molecular weight excluding hydrogens is 184 g/mol. The molecule has 0 bridgehead atoms. The van der Waals surface area contributed by atoms with Gasteiger partial charge in [-0.3, -0.25) is 0 Å². The maximum Gasteiger partial charge on any atom is 0.0818 e. The standard InChI is InChI=1S/C14H20O/c1-2-5-11-6-3-9-13(10-11)14(15)12-7-4-8-12/h3,6,9-10,12,14-15H,2,4-5,7-8H2,1H3. The summed E-state index contributed by atoms with van der Waals surface area (Å²) in [6, 6.07) is 8.46. The topological polar surface area (TPSA) is 20.2 Å². The highest BCUT2D eigenvalue weighted by atomic mass is 16.3. The predicted octanol–water partition coefficient (Wildman–Crippen LogP) is 3.47. The Morgan fingerprint density at radius 1 is 1.40 bits per heavy atom. The molecule has 0 radical (unpaired) electrons. The highest BCUT2D eigenvalue weighted by Gasteiger charge is 2.26. The van der Waals surface area contributed by atoms with E-state index in [2.05, 4.69) is 31.2 Å². The molecule has 1 unspecified atom stereocenters. The molecule has 1 saturated carbocycles. The van der Waals surface area contributed by atoms with Gasteiger partial charge in [-0.05, 0) is 36.3 Å². The average molecular weight is 204 g/mol. The number of aryl methyl sites for hydroxylation is 1. The van der Waals surface area contributed by atoms with Crippen LogP contribution in [0.4, 0.5) is 0 Å². The monoisotopic (exact) mass is 204 g/mol. The molecule has 0 aliphatic heterocycles. The third-order valence-corrected chi connectivity index (χ3v) is 3.43. The number of rotatable bonds is 4. The lowest BCUT2D eigenvalue weighted by Crippen LogP contribution is -2.20. The van der Waals surface area contributed by atoms with Gasteiger partial charge in [0.25, 0.3) is 0 Å².